The Labute approximate surface area is 260 Å². The lowest BCUT2D eigenvalue weighted by molar-refractivity contribution is 0.376. The van der Waals surface area contributed by atoms with Crippen LogP contribution in [-0.2, 0) is 11.8 Å². The molecule has 9 aromatic rings. The standard InChI is InChI=1S/C43H30N2/c1-43(28-24-33-30-14-6-9-17-37(30)44-38-18-10-7-15-31(38)34(25-28)41(33)44)22-21-32-29-13-5-8-16-36(29)45-39-20-19-27(26-11-3-2-4-12-26)23-35(39)40(43)42(32)45/h2-21,23-24,28H,22,25H2,1H3. The average molecular weight is 575 g/mol. The topological polar surface area (TPSA) is 8.82 Å². The monoisotopic (exact) mass is 574 g/mol. The van der Waals surface area contributed by atoms with Crippen LogP contribution >= 0.6 is 0 Å². The van der Waals surface area contributed by atoms with E-state index in [1.54, 1.807) is 0 Å². The van der Waals surface area contributed by atoms with Gasteiger partial charge in [0, 0.05) is 37.4 Å². The van der Waals surface area contributed by atoms with Crippen molar-refractivity contribution in [3.8, 4) is 11.1 Å². The number of benzene rings is 5. The summed E-state index contributed by atoms with van der Waals surface area (Å²) < 4.78 is 5.09. The van der Waals surface area contributed by atoms with Gasteiger partial charge < -0.3 is 8.80 Å². The summed E-state index contributed by atoms with van der Waals surface area (Å²) >= 11 is 0. The van der Waals surface area contributed by atoms with E-state index in [9.17, 15) is 0 Å². The molecule has 0 fully saturated rings. The Hall–Kier alpha value is -5.34. The van der Waals surface area contributed by atoms with E-state index in [0.717, 1.165) is 12.8 Å². The van der Waals surface area contributed by atoms with Gasteiger partial charge in [0.25, 0.3) is 0 Å². The van der Waals surface area contributed by atoms with Crippen LogP contribution in [0.5, 0.6) is 0 Å². The maximum absolute atomic E-state index is 2.65. The second-order valence-corrected chi connectivity index (χ2v) is 13.5. The minimum Gasteiger partial charge on any atom is -0.308 e. The summed E-state index contributed by atoms with van der Waals surface area (Å²) in [5.74, 6) is 0.350. The molecule has 2 heteroatoms. The summed E-state index contributed by atoms with van der Waals surface area (Å²) in [6, 6.07) is 45.1. The van der Waals surface area contributed by atoms with Gasteiger partial charge in [-0.2, -0.15) is 0 Å². The molecule has 2 nitrogen and oxygen atoms in total. The van der Waals surface area contributed by atoms with E-state index in [0.29, 0.717) is 5.92 Å². The molecule has 0 radical (unpaired) electrons. The summed E-state index contributed by atoms with van der Waals surface area (Å²) in [5, 5.41) is 8.35. The molecular formula is C43H30N2. The zero-order valence-electron chi connectivity index (χ0n) is 25.1. The number of fused-ring (bicyclic) bond motifs is 12. The van der Waals surface area contributed by atoms with Crippen molar-refractivity contribution in [1.82, 2.24) is 8.80 Å². The van der Waals surface area contributed by atoms with E-state index in [2.05, 4.69) is 149 Å². The number of para-hydroxylation sites is 3. The molecule has 0 amide bonds. The highest BCUT2D eigenvalue weighted by atomic mass is 14.9. The minimum atomic E-state index is -0.0783. The van der Waals surface area contributed by atoms with Crippen molar-refractivity contribution in [1.29, 1.82) is 0 Å². The fraction of sp³-hybridized carbons (Fsp3) is 0.116. The molecule has 5 aromatic carbocycles. The Kier molecular flexibility index (Phi) is 4.39. The van der Waals surface area contributed by atoms with Crippen molar-refractivity contribution in [3.63, 3.8) is 0 Å². The predicted molar refractivity (Wildman–Crippen MR) is 189 cm³/mol. The van der Waals surface area contributed by atoms with Crippen LogP contribution in [0.1, 0.15) is 24.5 Å². The molecule has 212 valence electrons. The molecule has 0 saturated carbocycles. The van der Waals surface area contributed by atoms with Crippen LogP contribution in [0.4, 0.5) is 0 Å². The minimum absolute atomic E-state index is 0.0783. The van der Waals surface area contributed by atoms with Gasteiger partial charge in [-0.1, -0.05) is 110 Å². The highest BCUT2D eigenvalue weighted by molar-refractivity contribution is 6.06. The van der Waals surface area contributed by atoms with Crippen molar-refractivity contribution >= 4 is 66.8 Å². The summed E-state index contributed by atoms with van der Waals surface area (Å²) in [6.07, 6.45) is 7.27. The quantitative estimate of drug-likeness (QED) is 0.195. The van der Waals surface area contributed by atoms with Crippen LogP contribution in [0.15, 0.2) is 121 Å². The van der Waals surface area contributed by atoms with Crippen molar-refractivity contribution in [2.45, 2.75) is 25.2 Å². The molecule has 2 aliphatic rings. The molecule has 11 rings (SSSR count). The molecule has 0 saturated heterocycles. The lowest BCUT2D eigenvalue weighted by Crippen LogP contribution is -2.37. The fourth-order valence-electron chi connectivity index (χ4n) is 9.30. The Bertz CT molecular complexity index is 2830. The van der Waals surface area contributed by atoms with E-state index in [4.69, 9.17) is 0 Å². The first-order valence-corrected chi connectivity index (χ1v) is 16.2. The molecular weight excluding hydrogens is 544 g/mol. The number of rotatable bonds is 2. The van der Waals surface area contributed by atoms with Crippen LogP contribution in [-0.4, -0.2) is 8.80 Å². The third kappa shape index (κ3) is 2.87. The van der Waals surface area contributed by atoms with Gasteiger partial charge in [-0.05, 0) is 71.3 Å². The van der Waals surface area contributed by atoms with E-state index in [-0.39, 0.29) is 5.41 Å². The third-order valence-corrected chi connectivity index (χ3v) is 11.3. The van der Waals surface area contributed by atoms with Crippen LogP contribution < -0.4 is 10.4 Å². The maximum Gasteiger partial charge on any atom is 0.0582 e. The lowest BCUT2D eigenvalue weighted by Gasteiger charge is -2.39. The van der Waals surface area contributed by atoms with Crippen molar-refractivity contribution < 1.29 is 0 Å². The molecule has 4 aromatic heterocycles. The lowest BCUT2D eigenvalue weighted by atomic mass is 9.64. The van der Waals surface area contributed by atoms with E-state index in [1.165, 1.54) is 87.3 Å². The van der Waals surface area contributed by atoms with Gasteiger partial charge in [0.2, 0.25) is 0 Å². The van der Waals surface area contributed by atoms with E-state index >= 15 is 0 Å². The number of hydrogen-bond donors (Lipinski definition) is 0. The van der Waals surface area contributed by atoms with Gasteiger partial charge in [-0.3, -0.25) is 0 Å². The Morgan fingerprint density at radius 3 is 1.91 bits per heavy atom. The fourth-order valence-corrected chi connectivity index (χ4v) is 9.30. The first-order chi connectivity index (χ1) is 22.2. The molecule has 45 heavy (non-hydrogen) atoms. The van der Waals surface area contributed by atoms with Gasteiger partial charge in [0.05, 0.1) is 33.1 Å². The van der Waals surface area contributed by atoms with Gasteiger partial charge in [0.15, 0.2) is 0 Å². The molecule has 0 spiro atoms. The number of aromatic nitrogens is 2. The summed E-state index contributed by atoms with van der Waals surface area (Å²) in [5.41, 5.74) is 13.6. The van der Waals surface area contributed by atoms with Gasteiger partial charge in [0.1, 0.15) is 0 Å². The van der Waals surface area contributed by atoms with Crippen LogP contribution in [0.2, 0.25) is 0 Å². The molecule has 2 atom stereocenters. The third-order valence-electron chi connectivity index (χ3n) is 11.3. The van der Waals surface area contributed by atoms with Gasteiger partial charge in [-0.25, -0.2) is 0 Å². The molecule has 2 unspecified atom stereocenters. The van der Waals surface area contributed by atoms with Crippen LogP contribution in [0.25, 0.3) is 77.9 Å². The molecule has 4 heterocycles. The van der Waals surface area contributed by atoms with Crippen LogP contribution in [0, 0.1) is 5.92 Å². The molecule has 2 aliphatic carbocycles. The molecule has 0 bridgehead atoms. The maximum atomic E-state index is 2.65. The second kappa shape index (κ2) is 8.22. The van der Waals surface area contributed by atoms with Crippen molar-refractivity contribution in [3.05, 3.63) is 143 Å². The Morgan fingerprint density at radius 2 is 1.16 bits per heavy atom. The van der Waals surface area contributed by atoms with Gasteiger partial charge >= 0.3 is 0 Å². The van der Waals surface area contributed by atoms with Crippen LogP contribution in [0.3, 0.4) is 0 Å². The largest absolute Gasteiger partial charge is 0.308 e. The zero-order valence-corrected chi connectivity index (χ0v) is 25.1. The average Bonchev–Trinajstić information content (AvgIpc) is 3.82. The van der Waals surface area contributed by atoms with Crippen molar-refractivity contribution in [2.24, 2.45) is 5.92 Å². The SMILES string of the molecule is CC1(C2C=c3c4ccccc4n4c3c(c3ccccc34)C2)CC=c2c3ccccc3n3c2c1c1cc(-c2ccccc2)ccc13. The van der Waals surface area contributed by atoms with Gasteiger partial charge in [-0.15, -0.1) is 0 Å². The first kappa shape index (κ1) is 24.0. The summed E-state index contributed by atoms with van der Waals surface area (Å²) in [4.78, 5) is 0. The Morgan fingerprint density at radius 1 is 0.556 bits per heavy atom. The normalized spacial score (nSPS) is 19.3. The highest BCUT2D eigenvalue weighted by Crippen LogP contribution is 2.50. The summed E-state index contributed by atoms with van der Waals surface area (Å²) in [6.45, 7) is 2.56. The zero-order chi connectivity index (χ0) is 29.4. The van der Waals surface area contributed by atoms with Crippen molar-refractivity contribution in [2.75, 3.05) is 0 Å². The molecule has 0 aliphatic heterocycles. The summed E-state index contributed by atoms with van der Waals surface area (Å²) in [7, 11) is 0. The smallest absolute Gasteiger partial charge is 0.0582 e. The predicted octanol–water partition coefficient (Wildman–Crippen LogP) is 9.00. The second-order valence-electron chi connectivity index (χ2n) is 13.5. The number of nitrogens with zero attached hydrogens (tertiary/aromatic N) is 2. The van der Waals surface area contributed by atoms with E-state index < -0.39 is 0 Å². The first-order valence-electron chi connectivity index (χ1n) is 16.2. The molecule has 0 N–H and O–H groups in total. The highest BCUT2D eigenvalue weighted by Gasteiger charge is 2.42. The Balaban J connectivity index is 1.25. The van der Waals surface area contributed by atoms with E-state index in [1.807, 2.05) is 0 Å². The number of hydrogen-bond acceptors (Lipinski definition) is 0.